The van der Waals surface area contributed by atoms with E-state index < -0.39 is 24.1 Å². The van der Waals surface area contributed by atoms with Gasteiger partial charge in [0.25, 0.3) is 0 Å². The number of carbonyl (C=O) groups is 2. The highest BCUT2D eigenvalue weighted by molar-refractivity contribution is 5.83. The number of phenols is 2. The Hall–Kier alpha value is -2.36. The van der Waals surface area contributed by atoms with Crippen molar-refractivity contribution in [2.45, 2.75) is 18.6 Å². The molecule has 21 heavy (non-hydrogen) atoms. The first-order valence-electron chi connectivity index (χ1n) is 5.73. The minimum Gasteiger partial charge on any atom is -0.504 e. The van der Waals surface area contributed by atoms with Crippen LogP contribution in [0.4, 0.5) is 0 Å². The zero-order valence-corrected chi connectivity index (χ0v) is 10.9. The molecule has 0 saturated carbocycles. The van der Waals surface area contributed by atoms with Crippen molar-refractivity contribution in [1.82, 2.24) is 0 Å². The van der Waals surface area contributed by atoms with E-state index in [1.807, 2.05) is 0 Å². The average molecular weight is 303 g/mol. The zero-order chi connectivity index (χ0) is 16.6. The van der Waals surface area contributed by atoms with E-state index in [1.54, 1.807) is 6.07 Å². The maximum Gasteiger partial charge on any atom is 0.335 e. The summed E-state index contributed by atoms with van der Waals surface area (Å²) in [7, 11) is 0. The Bertz CT molecular complexity index is 472. The van der Waals surface area contributed by atoms with Crippen molar-refractivity contribution in [3.63, 3.8) is 0 Å². The smallest absolute Gasteiger partial charge is 0.335 e. The minimum atomic E-state index is -2.27. The van der Waals surface area contributed by atoms with Crippen LogP contribution in [0.3, 0.4) is 0 Å². The Morgan fingerprint density at radius 2 is 1.48 bits per heavy atom. The summed E-state index contributed by atoms with van der Waals surface area (Å²) >= 11 is 0. The summed E-state index contributed by atoms with van der Waals surface area (Å²) in [5.74, 6) is -3.72. The van der Waals surface area contributed by atoms with Gasteiger partial charge in [0.1, 0.15) is 0 Å². The molecule has 0 aliphatic heterocycles. The van der Waals surface area contributed by atoms with Gasteiger partial charge in [0.05, 0.1) is 0 Å². The van der Waals surface area contributed by atoms with Crippen LogP contribution in [0, 0.1) is 0 Å². The standard InChI is InChI=1S/C8H11NO2.C4H6O6/c9-4-3-6-1-2-7(10)8(11)5-6;5-1(3(7)8)2(6)4(9)10/h1-2,5,10-11H,3-4,9H2;1-2,5-6H,(H,7,8)(H,9,10). The quantitative estimate of drug-likeness (QED) is 0.317. The molecule has 0 spiro atoms. The van der Waals surface area contributed by atoms with Crippen molar-refractivity contribution in [3.05, 3.63) is 23.8 Å². The molecule has 0 saturated heterocycles. The molecular weight excluding hydrogens is 286 g/mol. The molecule has 2 atom stereocenters. The van der Waals surface area contributed by atoms with Crippen LogP contribution < -0.4 is 5.73 Å². The van der Waals surface area contributed by atoms with Crippen LogP contribution in [-0.4, -0.2) is 61.3 Å². The number of aliphatic hydroxyl groups is 2. The van der Waals surface area contributed by atoms with Crippen LogP contribution in [0.25, 0.3) is 0 Å². The summed E-state index contributed by atoms with van der Waals surface area (Å²) in [6.45, 7) is 0.546. The Kier molecular flexibility index (Phi) is 7.76. The van der Waals surface area contributed by atoms with Crippen molar-refractivity contribution in [1.29, 1.82) is 0 Å². The lowest BCUT2D eigenvalue weighted by molar-refractivity contribution is -0.165. The second-order valence-corrected chi connectivity index (χ2v) is 3.93. The summed E-state index contributed by atoms with van der Waals surface area (Å²) in [6.07, 6.45) is -3.82. The van der Waals surface area contributed by atoms with E-state index in [-0.39, 0.29) is 11.5 Å². The zero-order valence-electron chi connectivity index (χ0n) is 10.9. The molecule has 8 N–H and O–H groups in total. The SMILES string of the molecule is NCCc1ccc(O)c(O)c1.O=C(O)C(O)C(O)C(=O)O. The number of aliphatic carboxylic acids is 2. The number of nitrogens with two attached hydrogens (primary N) is 1. The van der Waals surface area contributed by atoms with Crippen molar-refractivity contribution < 1.29 is 40.2 Å². The number of carboxylic acid groups (broad SMARTS) is 2. The monoisotopic (exact) mass is 303 g/mol. The highest BCUT2D eigenvalue weighted by Gasteiger charge is 2.29. The molecule has 0 amide bonds. The Balaban J connectivity index is 0.000000384. The molecule has 1 aromatic carbocycles. The summed E-state index contributed by atoms with van der Waals surface area (Å²) in [5, 5.41) is 50.5. The fourth-order valence-electron chi connectivity index (χ4n) is 1.16. The Labute approximate surface area is 119 Å². The maximum atomic E-state index is 9.77. The number of hydrogen-bond donors (Lipinski definition) is 7. The van der Waals surface area contributed by atoms with E-state index in [9.17, 15) is 9.59 Å². The molecule has 0 aliphatic carbocycles. The molecule has 9 heteroatoms. The lowest BCUT2D eigenvalue weighted by Gasteiger charge is -2.07. The number of aromatic hydroxyl groups is 2. The van der Waals surface area contributed by atoms with Gasteiger partial charge in [0, 0.05) is 0 Å². The van der Waals surface area contributed by atoms with E-state index in [4.69, 9.17) is 36.4 Å². The number of phenolic OH excluding ortho intramolecular Hbond substituents is 2. The summed E-state index contributed by atoms with van der Waals surface area (Å²) in [6, 6.07) is 4.71. The second kappa shape index (κ2) is 8.74. The van der Waals surface area contributed by atoms with Gasteiger partial charge in [-0.15, -0.1) is 0 Å². The predicted molar refractivity (Wildman–Crippen MR) is 69.8 cm³/mol. The molecule has 118 valence electrons. The van der Waals surface area contributed by atoms with Gasteiger partial charge < -0.3 is 36.4 Å². The Morgan fingerprint density at radius 3 is 1.81 bits per heavy atom. The van der Waals surface area contributed by atoms with E-state index in [2.05, 4.69) is 0 Å². The van der Waals surface area contributed by atoms with Crippen LogP contribution in [0.1, 0.15) is 5.56 Å². The molecular formula is C12H17NO8. The third kappa shape index (κ3) is 6.56. The number of hydrogen-bond acceptors (Lipinski definition) is 7. The highest BCUT2D eigenvalue weighted by Crippen LogP contribution is 2.24. The van der Waals surface area contributed by atoms with Gasteiger partial charge in [-0.2, -0.15) is 0 Å². The van der Waals surface area contributed by atoms with Crippen molar-refractivity contribution in [3.8, 4) is 11.5 Å². The first-order chi connectivity index (χ1) is 9.70. The third-order valence-electron chi connectivity index (χ3n) is 2.28. The first kappa shape index (κ1) is 18.6. The van der Waals surface area contributed by atoms with E-state index in [0.29, 0.717) is 13.0 Å². The maximum absolute atomic E-state index is 9.77. The molecule has 0 fully saturated rings. The fraction of sp³-hybridized carbons (Fsp3) is 0.333. The van der Waals surface area contributed by atoms with E-state index in [1.165, 1.54) is 12.1 Å². The van der Waals surface area contributed by atoms with Gasteiger partial charge in [-0.25, -0.2) is 9.59 Å². The molecule has 0 radical (unpaired) electrons. The highest BCUT2D eigenvalue weighted by atomic mass is 16.4. The fourth-order valence-corrected chi connectivity index (χ4v) is 1.16. The number of aliphatic hydroxyl groups excluding tert-OH is 2. The van der Waals surface area contributed by atoms with Crippen LogP contribution in [0.15, 0.2) is 18.2 Å². The summed E-state index contributed by atoms with van der Waals surface area (Å²) < 4.78 is 0. The topological polar surface area (TPSA) is 182 Å². The Morgan fingerprint density at radius 1 is 1.00 bits per heavy atom. The number of carboxylic acids is 2. The second-order valence-electron chi connectivity index (χ2n) is 3.93. The van der Waals surface area contributed by atoms with Crippen molar-refractivity contribution >= 4 is 11.9 Å². The van der Waals surface area contributed by atoms with Crippen molar-refractivity contribution in [2.24, 2.45) is 5.73 Å². The summed E-state index contributed by atoms with van der Waals surface area (Å²) in [4.78, 5) is 19.5. The molecule has 1 aromatic rings. The minimum absolute atomic E-state index is 0.0871. The lowest BCUT2D eigenvalue weighted by Crippen LogP contribution is -2.39. The average Bonchev–Trinajstić information content (AvgIpc) is 2.42. The van der Waals surface area contributed by atoms with Gasteiger partial charge in [-0.05, 0) is 30.7 Å². The van der Waals surface area contributed by atoms with Crippen LogP contribution in [-0.2, 0) is 16.0 Å². The van der Waals surface area contributed by atoms with Crippen LogP contribution in [0.5, 0.6) is 11.5 Å². The van der Waals surface area contributed by atoms with E-state index >= 15 is 0 Å². The molecule has 9 nitrogen and oxygen atoms in total. The number of rotatable bonds is 5. The van der Waals surface area contributed by atoms with Gasteiger partial charge >= 0.3 is 11.9 Å². The molecule has 0 bridgehead atoms. The number of benzene rings is 1. The van der Waals surface area contributed by atoms with Crippen LogP contribution in [0.2, 0.25) is 0 Å². The van der Waals surface area contributed by atoms with Gasteiger partial charge in [-0.3, -0.25) is 0 Å². The molecule has 0 aliphatic rings. The van der Waals surface area contributed by atoms with Gasteiger partial charge in [0.15, 0.2) is 23.7 Å². The molecule has 0 aromatic heterocycles. The molecule has 0 heterocycles. The first-order valence-corrected chi connectivity index (χ1v) is 5.73. The van der Waals surface area contributed by atoms with Crippen molar-refractivity contribution in [2.75, 3.05) is 6.54 Å². The van der Waals surface area contributed by atoms with E-state index in [0.717, 1.165) is 5.56 Å². The molecule has 1 rings (SSSR count). The third-order valence-corrected chi connectivity index (χ3v) is 2.28. The lowest BCUT2D eigenvalue weighted by atomic mass is 10.1. The molecule has 2 unspecified atom stereocenters. The predicted octanol–water partition coefficient (Wildman–Crippen LogP) is -1.52. The normalized spacial score (nSPS) is 12.7. The largest absolute Gasteiger partial charge is 0.504 e. The van der Waals surface area contributed by atoms with Gasteiger partial charge in [0.2, 0.25) is 0 Å². The van der Waals surface area contributed by atoms with Crippen LogP contribution >= 0.6 is 0 Å². The summed E-state index contributed by atoms with van der Waals surface area (Å²) in [5.41, 5.74) is 6.24. The van der Waals surface area contributed by atoms with Gasteiger partial charge in [-0.1, -0.05) is 6.07 Å².